The van der Waals surface area contributed by atoms with Gasteiger partial charge in [-0.2, -0.15) is 0 Å². The van der Waals surface area contributed by atoms with Gasteiger partial charge in [-0.15, -0.1) is 0 Å². The lowest BCUT2D eigenvalue weighted by molar-refractivity contribution is -0.162. The molecule has 234 valence electrons. The van der Waals surface area contributed by atoms with Crippen LogP contribution in [0.15, 0.2) is 11.6 Å². The van der Waals surface area contributed by atoms with Crippen molar-refractivity contribution in [2.24, 2.45) is 50.7 Å². The number of fused-ring (bicyclic) bond motifs is 5. The molecule has 4 aliphatic carbocycles. The Morgan fingerprint density at radius 2 is 1.73 bits per heavy atom. The first-order chi connectivity index (χ1) is 18.5. The summed E-state index contributed by atoms with van der Waals surface area (Å²) in [5.74, 6) is 0.415. The van der Waals surface area contributed by atoms with Crippen LogP contribution in [-0.2, 0) is 23.4 Å². The quantitative estimate of drug-likeness (QED) is 0.230. The minimum atomic E-state index is -4.68. The molecule has 8 heteroatoms. The summed E-state index contributed by atoms with van der Waals surface area (Å²) in [6.07, 6.45) is 7.86. The number of carbonyl (C=O) groups is 2. The van der Waals surface area contributed by atoms with Gasteiger partial charge >= 0.3 is 13.8 Å². The van der Waals surface area contributed by atoms with Crippen molar-refractivity contribution in [3.63, 3.8) is 0 Å². The van der Waals surface area contributed by atoms with Crippen LogP contribution < -0.4 is 0 Å². The summed E-state index contributed by atoms with van der Waals surface area (Å²) in [4.78, 5) is 45.4. The highest BCUT2D eigenvalue weighted by Crippen LogP contribution is 2.74. The zero-order valence-corrected chi connectivity index (χ0v) is 28.0. The van der Waals surface area contributed by atoms with Crippen LogP contribution in [0.25, 0.3) is 0 Å². The predicted molar refractivity (Wildman–Crippen MR) is 160 cm³/mol. The van der Waals surface area contributed by atoms with Crippen molar-refractivity contribution in [3.05, 3.63) is 11.6 Å². The first kappa shape index (κ1) is 32.9. The number of allylic oxidation sites excluding steroid dienone is 2. The van der Waals surface area contributed by atoms with E-state index in [9.17, 15) is 23.9 Å². The van der Waals surface area contributed by atoms with Gasteiger partial charge in [-0.1, -0.05) is 67.9 Å². The summed E-state index contributed by atoms with van der Waals surface area (Å²) in [6.45, 7) is 21.3. The Morgan fingerprint density at radius 1 is 1.10 bits per heavy atom. The molecule has 0 aromatic carbocycles. The lowest BCUT2D eigenvalue weighted by Gasteiger charge is -2.62. The molecule has 4 aliphatic rings. The highest BCUT2D eigenvalue weighted by Gasteiger charge is 2.67. The van der Waals surface area contributed by atoms with E-state index in [1.165, 1.54) is 12.5 Å². The molecule has 2 N–H and O–H groups in total. The summed E-state index contributed by atoms with van der Waals surface area (Å²) in [5, 5.41) is 0. The fourth-order valence-corrected chi connectivity index (χ4v) is 10.9. The van der Waals surface area contributed by atoms with Gasteiger partial charge in [-0.3, -0.25) is 14.1 Å². The maximum absolute atomic E-state index is 13.9. The Kier molecular flexibility index (Phi) is 8.47. The number of hydrogen-bond donors (Lipinski definition) is 2. The van der Waals surface area contributed by atoms with Crippen molar-refractivity contribution in [3.8, 4) is 0 Å². The second-order valence-electron chi connectivity index (χ2n) is 16.6. The second-order valence-corrected chi connectivity index (χ2v) is 17.8. The van der Waals surface area contributed by atoms with Crippen LogP contribution in [0, 0.1) is 50.7 Å². The van der Waals surface area contributed by atoms with Crippen LogP contribution in [-0.4, -0.2) is 33.7 Å². The van der Waals surface area contributed by atoms with Crippen LogP contribution in [0.3, 0.4) is 0 Å². The molecule has 9 atom stereocenters. The fourth-order valence-electron chi connectivity index (χ4n) is 10.1. The molecule has 3 saturated carbocycles. The standard InChI is InChI=1S/C33H55O7P/c1-20-19-31(8)22-11-15-33(10)27(30(6,7)28(40-41(36,37)38)13-14-29(3,4)5)12-16-32(33,9)23(22)17-25(35)24(31)18-26(20)39-21(2)34/h17,20,22,24,26-28H,11-16,18-19H2,1-10H3,(H2,36,37,38)/t20-,22?,24-,26+,27+,28+,31+,32-,33+/m0/s1. The molecule has 0 aromatic heterocycles. The molecule has 3 fully saturated rings. The van der Waals surface area contributed by atoms with E-state index < -0.39 is 19.3 Å². The molecule has 4 rings (SSSR count). The van der Waals surface area contributed by atoms with Crippen LogP contribution in [0.1, 0.15) is 121 Å². The topological polar surface area (TPSA) is 110 Å². The summed E-state index contributed by atoms with van der Waals surface area (Å²) < 4.78 is 23.4. The van der Waals surface area contributed by atoms with E-state index >= 15 is 0 Å². The van der Waals surface area contributed by atoms with Crippen LogP contribution in [0.5, 0.6) is 0 Å². The Bertz CT molecular complexity index is 1130. The van der Waals surface area contributed by atoms with Gasteiger partial charge in [-0.25, -0.2) is 4.57 Å². The van der Waals surface area contributed by atoms with Crippen molar-refractivity contribution in [2.75, 3.05) is 0 Å². The molecule has 7 nitrogen and oxygen atoms in total. The monoisotopic (exact) mass is 594 g/mol. The molecule has 0 spiro atoms. The zero-order valence-electron chi connectivity index (χ0n) is 27.1. The predicted octanol–water partition coefficient (Wildman–Crippen LogP) is 7.64. The van der Waals surface area contributed by atoms with Crippen LogP contribution in [0.4, 0.5) is 0 Å². The Hall–Kier alpha value is -1.01. The first-order valence-corrected chi connectivity index (χ1v) is 17.3. The highest BCUT2D eigenvalue weighted by molar-refractivity contribution is 7.46. The van der Waals surface area contributed by atoms with E-state index in [1.54, 1.807) is 0 Å². The molecule has 0 heterocycles. The minimum Gasteiger partial charge on any atom is -0.462 e. The number of phosphoric acid groups is 1. The maximum atomic E-state index is 13.9. The van der Waals surface area contributed by atoms with E-state index in [2.05, 4.69) is 62.3 Å². The van der Waals surface area contributed by atoms with E-state index in [-0.39, 0.29) is 57.3 Å². The zero-order chi connectivity index (χ0) is 31.0. The van der Waals surface area contributed by atoms with Crippen molar-refractivity contribution < 1.29 is 33.2 Å². The van der Waals surface area contributed by atoms with Gasteiger partial charge in [0.1, 0.15) is 6.10 Å². The molecule has 0 bridgehead atoms. The number of esters is 1. The number of carbonyl (C=O) groups excluding carboxylic acids is 2. The lowest BCUT2D eigenvalue weighted by Crippen LogP contribution is -2.58. The summed E-state index contributed by atoms with van der Waals surface area (Å²) in [7, 11) is -4.68. The second kappa shape index (κ2) is 10.6. The Labute approximate surface area is 247 Å². The molecule has 0 radical (unpaired) electrons. The number of rotatable bonds is 7. The van der Waals surface area contributed by atoms with E-state index in [0.717, 1.165) is 38.5 Å². The normalized spacial score (nSPS) is 40.2. The third-order valence-corrected chi connectivity index (χ3v) is 13.0. The minimum absolute atomic E-state index is 0.0175. The first-order valence-electron chi connectivity index (χ1n) is 15.7. The summed E-state index contributed by atoms with van der Waals surface area (Å²) in [6, 6.07) is 0. The van der Waals surface area contributed by atoms with Gasteiger partial charge in [0.15, 0.2) is 5.78 Å². The average Bonchev–Trinajstić information content (AvgIpc) is 3.08. The molecule has 0 aromatic rings. The highest BCUT2D eigenvalue weighted by atomic mass is 31.2. The molecule has 0 amide bonds. The molecule has 1 unspecified atom stereocenters. The number of ether oxygens (including phenoxy) is 1. The SMILES string of the molecule is CC(=O)O[C@@H]1C[C@H]2C(=O)C=C3C(CC[C@]4(C)[C@@H](C(C)(C)[C@@H](CCC(C)(C)C)OP(=O)(O)O)CC[C@@]34C)[C@@]2(C)C[C@@H]1C. The van der Waals surface area contributed by atoms with Crippen molar-refractivity contribution in [1.82, 2.24) is 0 Å². The van der Waals surface area contributed by atoms with E-state index in [0.29, 0.717) is 18.8 Å². The van der Waals surface area contributed by atoms with E-state index in [4.69, 9.17) is 9.26 Å². The molecule has 0 aliphatic heterocycles. The largest absolute Gasteiger partial charge is 0.469 e. The maximum Gasteiger partial charge on any atom is 0.469 e. The lowest BCUT2D eigenvalue weighted by atomic mass is 9.42. The Morgan fingerprint density at radius 3 is 2.29 bits per heavy atom. The van der Waals surface area contributed by atoms with Crippen molar-refractivity contribution in [1.29, 1.82) is 0 Å². The van der Waals surface area contributed by atoms with Gasteiger partial charge in [0.25, 0.3) is 0 Å². The van der Waals surface area contributed by atoms with Gasteiger partial charge in [0.05, 0.1) is 6.10 Å². The van der Waals surface area contributed by atoms with E-state index in [1.807, 2.05) is 6.08 Å². The van der Waals surface area contributed by atoms with Gasteiger partial charge < -0.3 is 14.5 Å². The van der Waals surface area contributed by atoms with Gasteiger partial charge in [0, 0.05) is 12.8 Å². The third kappa shape index (κ3) is 5.79. The van der Waals surface area contributed by atoms with Crippen LogP contribution >= 0.6 is 7.82 Å². The fraction of sp³-hybridized carbons (Fsp3) is 0.879. The Balaban J connectivity index is 1.69. The molecule has 0 saturated heterocycles. The molecular weight excluding hydrogens is 539 g/mol. The van der Waals surface area contributed by atoms with Gasteiger partial charge in [-0.05, 0) is 102 Å². The number of ketones is 1. The smallest absolute Gasteiger partial charge is 0.462 e. The van der Waals surface area contributed by atoms with Crippen molar-refractivity contribution in [2.45, 2.75) is 133 Å². The van der Waals surface area contributed by atoms with Crippen LogP contribution in [0.2, 0.25) is 0 Å². The third-order valence-electron chi connectivity index (χ3n) is 12.5. The number of phosphoric ester groups is 1. The number of hydrogen-bond acceptors (Lipinski definition) is 5. The molecule has 41 heavy (non-hydrogen) atoms. The summed E-state index contributed by atoms with van der Waals surface area (Å²) >= 11 is 0. The van der Waals surface area contributed by atoms with Gasteiger partial charge in [0.2, 0.25) is 0 Å². The van der Waals surface area contributed by atoms with Crippen molar-refractivity contribution >= 4 is 19.6 Å². The summed E-state index contributed by atoms with van der Waals surface area (Å²) in [5.41, 5.74) is 0.328. The average molecular weight is 595 g/mol. The molecular formula is C33H55O7P.